The molecule has 0 aliphatic heterocycles. The summed E-state index contributed by atoms with van der Waals surface area (Å²) < 4.78 is 11.7. The Kier molecular flexibility index (Phi) is 7.01. The van der Waals surface area contributed by atoms with Crippen molar-refractivity contribution in [3.8, 4) is 5.75 Å². The van der Waals surface area contributed by atoms with Gasteiger partial charge in [-0.1, -0.05) is 47.0 Å². The summed E-state index contributed by atoms with van der Waals surface area (Å²) in [6.45, 7) is 2.19. The zero-order chi connectivity index (χ0) is 15.8. The van der Waals surface area contributed by atoms with E-state index in [2.05, 4.69) is 10.2 Å². The molecule has 0 spiro atoms. The lowest BCUT2D eigenvalue weighted by molar-refractivity contribution is -0.139. The van der Waals surface area contributed by atoms with Crippen LogP contribution in [0.1, 0.15) is 12.5 Å². The fourth-order valence-electron chi connectivity index (χ4n) is 1.50. The molecule has 0 bridgehead atoms. The number of rotatable bonds is 8. The molecular weight excluding hydrogens is 340 g/mol. The first kappa shape index (κ1) is 17.1. The zero-order valence-corrected chi connectivity index (χ0v) is 14.7. The highest BCUT2D eigenvalue weighted by molar-refractivity contribution is 8.03. The van der Waals surface area contributed by atoms with Crippen LogP contribution in [0.15, 0.2) is 32.9 Å². The molecule has 22 heavy (non-hydrogen) atoms. The first-order chi connectivity index (χ1) is 10.7. The van der Waals surface area contributed by atoms with E-state index in [9.17, 15) is 4.79 Å². The molecule has 0 amide bonds. The Hall–Kier alpha value is -1.25. The van der Waals surface area contributed by atoms with Gasteiger partial charge in [-0.25, -0.2) is 0 Å². The maximum absolute atomic E-state index is 11.3. The number of thioether (sulfide) groups is 2. The predicted molar refractivity (Wildman–Crippen MR) is 89.8 cm³/mol. The van der Waals surface area contributed by atoms with Gasteiger partial charge >= 0.3 is 5.97 Å². The lowest BCUT2D eigenvalue weighted by Crippen LogP contribution is -2.06. The minimum absolute atomic E-state index is 0.227. The topological polar surface area (TPSA) is 61.3 Å². The van der Waals surface area contributed by atoms with Gasteiger partial charge in [0.1, 0.15) is 5.75 Å². The standard InChI is InChI=1S/C14H16N2O3S3/c1-3-19-12(17)9-21-14-16-15-13(22-14)20-8-10-4-6-11(18-2)7-5-10/h4-7H,3,8-9H2,1-2H3. The van der Waals surface area contributed by atoms with Crippen molar-refractivity contribution >= 4 is 40.8 Å². The van der Waals surface area contributed by atoms with Crippen LogP contribution in [0.5, 0.6) is 5.75 Å². The van der Waals surface area contributed by atoms with E-state index in [1.165, 1.54) is 28.7 Å². The molecule has 5 nitrogen and oxygen atoms in total. The highest BCUT2D eigenvalue weighted by Gasteiger charge is 2.09. The predicted octanol–water partition coefficient (Wildman–Crippen LogP) is 3.49. The third-order valence-electron chi connectivity index (χ3n) is 2.53. The SMILES string of the molecule is CCOC(=O)CSc1nnc(SCc2ccc(OC)cc2)s1. The van der Waals surface area contributed by atoms with Gasteiger partial charge in [-0.3, -0.25) is 4.79 Å². The van der Waals surface area contributed by atoms with Crippen molar-refractivity contribution in [2.75, 3.05) is 19.5 Å². The molecule has 2 aromatic rings. The Morgan fingerprint density at radius 1 is 1.18 bits per heavy atom. The number of hydrogen-bond acceptors (Lipinski definition) is 8. The van der Waals surface area contributed by atoms with Crippen molar-refractivity contribution in [2.45, 2.75) is 21.4 Å². The summed E-state index contributed by atoms with van der Waals surface area (Å²) in [6, 6.07) is 7.94. The highest BCUT2D eigenvalue weighted by atomic mass is 32.2. The molecule has 0 aliphatic carbocycles. The van der Waals surface area contributed by atoms with Crippen LogP contribution < -0.4 is 4.74 Å². The molecule has 1 heterocycles. The summed E-state index contributed by atoms with van der Waals surface area (Å²) in [4.78, 5) is 11.3. The third-order valence-corrected chi connectivity index (χ3v) is 5.76. The van der Waals surface area contributed by atoms with E-state index in [1.807, 2.05) is 24.3 Å². The molecule has 1 aromatic heterocycles. The lowest BCUT2D eigenvalue weighted by atomic mass is 10.2. The van der Waals surface area contributed by atoms with Gasteiger partial charge in [0, 0.05) is 5.75 Å². The van der Waals surface area contributed by atoms with E-state index in [0.717, 1.165) is 20.2 Å². The highest BCUT2D eigenvalue weighted by Crippen LogP contribution is 2.31. The number of ether oxygens (including phenoxy) is 2. The number of nitrogens with zero attached hydrogens (tertiary/aromatic N) is 2. The zero-order valence-electron chi connectivity index (χ0n) is 12.3. The van der Waals surface area contributed by atoms with Crippen LogP contribution >= 0.6 is 34.9 Å². The first-order valence-electron chi connectivity index (χ1n) is 6.59. The largest absolute Gasteiger partial charge is 0.497 e. The van der Waals surface area contributed by atoms with Gasteiger partial charge in [0.25, 0.3) is 0 Å². The fraction of sp³-hybridized carbons (Fsp3) is 0.357. The second-order valence-corrected chi connectivity index (χ2v) is 7.49. The average Bonchev–Trinajstić information content (AvgIpc) is 3.00. The van der Waals surface area contributed by atoms with Crippen molar-refractivity contribution in [2.24, 2.45) is 0 Å². The van der Waals surface area contributed by atoms with Crippen LogP contribution in [0.25, 0.3) is 0 Å². The van der Waals surface area contributed by atoms with Crippen LogP contribution in [-0.4, -0.2) is 35.6 Å². The molecule has 0 saturated heterocycles. The molecule has 0 atom stereocenters. The molecule has 0 radical (unpaired) electrons. The molecule has 118 valence electrons. The number of carbonyl (C=O) groups is 1. The van der Waals surface area contributed by atoms with Gasteiger partial charge < -0.3 is 9.47 Å². The van der Waals surface area contributed by atoms with Crippen LogP contribution in [0, 0.1) is 0 Å². The molecule has 8 heteroatoms. The third kappa shape index (κ3) is 5.51. The number of hydrogen-bond donors (Lipinski definition) is 0. The molecule has 2 rings (SSSR count). The average molecular weight is 356 g/mol. The molecular formula is C14H16N2O3S3. The van der Waals surface area contributed by atoms with Gasteiger partial charge in [-0.2, -0.15) is 0 Å². The molecule has 0 saturated carbocycles. The first-order valence-corrected chi connectivity index (χ1v) is 9.37. The van der Waals surface area contributed by atoms with Crippen LogP contribution in [0.4, 0.5) is 0 Å². The van der Waals surface area contributed by atoms with Crippen molar-refractivity contribution in [3.63, 3.8) is 0 Å². The Morgan fingerprint density at radius 3 is 2.50 bits per heavy atom. The summed E-state index contributed by atoms with van der Waals surface area (Å²) >= 11 is 4.47. The Bertz CT molecular complexity index is 602. The number of aromatic nitrogens is 2. The summed E-state index contributed by atoms with van der Waals surface area (Å²) in [7, 11) is 1.65. The van der Waals surface area contributed by atoms with Crippen molar-refractivity contribution < 1.29 is 14.3 Å². The number of esters is 1. The minimum Gasteiger partial charge on any atom is -0.497 e. The van der Waals surface area contributed by atoms with Crippen molar-refractivity contribution in [1.82, 2.24) is 10.2 Å². The summed E-state index contributed by atoms with van der Waals surface area (Å²) in [6.07, 6.45) is 0. The number of benzene rings is 1. The van der Waals surface area contributed by atoms with Gasteiger partial charge in [0.05, 0.1) is 19.5 Å². The molecule has 1 aromatic carbocycles. The second kappa shape index (κ2) is 9.02. The molecule has 0 N–H and O–H groups in total. The Balaban J connectivity index is 1.80. The normalized spacial score (nSPS) is 10.5. The van der Waals surface area contributed by atoms with Crippen LogP contribution in [0.3, 0.4) is 0 Å². The van der Waals surface area contributed by atoms with E-state index in [-0.39, 0.29) is 11.7 Å². The maximum atomic E-state index is 11.3. The van der Waals surface area contributed by atoms with Crippen molar-refractivity contribution in [1.29, 1.82) is 0 Å². The van der Waals surface area contributed by atoms with Gasteiger partial charge in [-0.05, 0) is 24.6 Å². The minimum atomic E-state index is -0.227. The molecule has 0 aliphatic rings. The van der Waals surface area contributed by atoms with Crippen molar-refractivity contribution in [3.05, 3.63) is 29.8 Å². The number of methoxy groups -OCH3 is 1. The van der Waals surface area contributed by atoms with E-state index in [0.29, 0.717) is 6.61 Å². The molecule has 0 fully saturated rings. The lowest BCUT2D eigenvalue weighted by Gasteiger charge is -2.01. The van der Waals surface area contributed by atoms with E-state index >= 15 is 0 Å². The van der Waals surface area contributed by atoms with Crippen LogP contribution in [-0.2, 0) is 15.3 Å². The Labute approximate surface area is 141 Å². The smallest absolute Gasteiger partial charge is 0.316 e. The quantitative estimate of drug-likeness (QED) is 0.530. The number of carbonyl (C=O) groups excluding carboxylic acids is 1. The van der Waals surface area contributed by atoms with Gasteiger partial charge in [0.15, 0.2) is 8.68 Å². The summed E-state index contributed by atoms with van der Waals surface area (Å²) in [5, 5.41) is 8.19. The maximum Gasteiger partial charge on any atom is 0.316 e. The fourth-order valence-corrected chi connectivity index (χ4v) is 4.28. The molecule has 0 unspecified atom stereocenters. The van der Waals surface area contributed by atoms with Gasteiger partial charge in [0.2, 0.25) is 0 Å². The summed E-state index contributed by atoms with van der Waals surface area (Å²) in [5.74, 6) is 1.71. The van der Waals surface area contributed by atoms with Gasteiger partial charge in [-0.15, -0.1) is 10.2 Å². The van der Waals surface area contributed by atoms with E-state index in [4.69, 9.17) is 9.47 Å². The van der Waals surface area contributed by atoms with E-state index in [1.54, 1.807) is 25.8 Å². The van der Waals surface area contributed by atoms with Crippen LogP contribution in [0.2, 0.25) is 0 Å². The monoisotopic (exact) mass is 356 g/mol. The Morgan fingerprint density at radius 2 is 1.86 bits per heavy atom. The summed E-state index contributed by atoms with van der Waals surface area (Å²) in [5.41, 5.74) is 1.20. The van der Waals surface area contributed by atoms with E-state index < -0.39 is 0 Å². The second-order valence-electron chi connectivity index (χ2n) is 4.06.